The van der Waals surface area contributed by atoms with Gasteiger partial charge in [0.15, 0.2) is 0 Å². The molecule has 26 heavy (non-hydrogen) atoms. The lowest BCUT2D eigenvalue weighted by atomic mass is 9.99. The van der Waals surface area contributed by atoms with Crippen LogP contribution in [0, 0.1) is 5.82 Å². The number of hydrogen-bond donors (Lipinski definition) is 0. The van der Waals surface area contributed by atoms with E-state index in [9.17, 15) is 4.39 Å². The Labute approximate surface area is 156 Å². The van der Waals surface area contributed by atoms with Crippen LogP contribution in [-0.2, 0) is 13.0 Å². The molecule has 0 unspecified atom stereocenters. The second-order valence-electron chi connectivity index (χ2n) is 7.17. The maximum atomic E-state index is 13.5. The molecule has 4 nitrogen and oxygen atoms in total. The van der Waals surface area contributed by atoms with Gasteiger partial charge in [-0.15, -0.1) is 11.3 Å². The highest BCUT2D eigenvalue weighted by Gasteiger charge is 2.28. The molecule has 2 aromatic heterocycles. The molecule has 5 rings (SSSR count). The maximum absolute atomic E-state index is 13.5. The smallest absolute Gasteiger partial charge is 0.139 e. The molecule has 0 aliphatic carbocycles. The minimum Gasteiger partial charge on any atom is -0.356 e. The highest BCUT2D eigenvalue weighted by atomic mass is 32.1. The van der Waals surface area contributed by atoms with E-state index in [1.165, 1.54) is 30.7 Å². The Morgan fingerprint density at radius 1 is 1.08 bits per heavy atom. The van der Waals surface area contributed by atoms with E-state index in [4.69, 9.17) is 0 Å². The van der Waals surface area contributed by atoms with Crippen molar-refractivity contribution in [3.05, 3.63) is 52.2 Å². The molecule has 4 heterocycles. The van der Waals surface area contributed by atoms with Crippen molar-refractivity contribution in [1.29, 1.82) is 0 Å². The summed E-state index contributed by atoms with van der Waals surface area (Å²) in [6, 6.07) is 7.71. The van der Waals surface area contributed by atoms with E-state index in [1.54, 1.807) is 17.3 Å². The molecule has 0 spiro atoms. The zero-order valence-electron chi connectivity index (χ0n) is 14.6. The molecule has 0 amide bonds. The minimum absolute atomic E-state index is 0.251. The fourth-order valence-electron chi connectivity index (χ4n) is 4.29. The maximum Gasteiger partial charge on any atom is 0.139 e. The predicted octanol–water partition coefficient (Wildman–Crippen LogP) is 3.86. The van der Waals surface area contributed by atoms with Crippen molar-refractivity contribution in [3.63, 3.8) is 0 Å². The minimum atomic E-state index is -0.251. The van der Waals surface area contributed by atoms with Gasteiger partial charge in [0, 0.05) is 48.6 Å². The van der Waals surface area contributed by atoms with Crippen LogP contribution < -0.4 is 4.90 Å². The number of aromatic nitrogens is 2. The first kappa shape index (κ1) is 16.1. The lowest BCUT2D eigenvalue weighted by Gasteiger charge is -2.40. The molecule has 1 fully saturated rings. The van der Waals surface area contributed by atoms with Crippen molar-refractivity contribution in [3.8, 4) is 0 Å². The zero-order chi connectivity index (χ0) is 17.5. The van der Waals surface area contributed by atoms with Crippen LogP contribution in [0.5, 0.6) is 0 Å². The zero-order valence-corrected chi connectivity index (χ0v) is 15.4. The largest absolute Gasteiger partial charge is 0.356 e. The highest BCUT2D eigenvalue weighted by molar-refractivity contribution is 7.10. The normalized spacial score (nSPS) is 19.0. The first-order valence-corrected chi connectivity index (χ1v) is 10.1. The van der Waals surface area contributed by atoms with Crippen molar-refractivity contribution in [2.75, 3.05) is 24.5 Å². The third kappa shape index (κ3) is 2.87. The second kappa shape index (κ2) is 6.59. The van der Waals surface area contributed by atoms with Crippen LogP contribution in [0.25, 0.3) is 10.9 Å². The van der Waals surface area contributed by atoms with Gasteiger partial charge in [0.2, 0.25) is 0 Å². The number of fused-ring (bicyclic) bond motifs is 2. The number of piperidine rings is 1. The summed E-state index contributed by atoms with van der Waals surface area (Å²) in [5, 5.41) is 3.16. The van der Waals surface area contributed by atoms with Crippen LogP contribution >= 0.6 is 11.3 Å². The van der Waals surface area contributed by atoms with Gasteiger partial charge in [0.1, 0.15) is 18.0 Å². The number of benzene rings is 1. The van der Waals surface area contributed by atoms with Crippen LogP contribution in [0.2, 0.25) is 0 Å². The fraction of sp³-hybridized carbons (Fsp3) is 0.400. The van der Waals surface area contributed by atoms with Crippen molar-refractivity contribution >= 4 is 28.1 Å². The Morgan fingerprint density at radius 3 is 2.85 bits per heavy atom. The lowest BCUT2D eigenvalue weighted by Crippen LogP contribution is -2.46. The van der Waals surface area contributed by atoms with Crippen molar-refractivity contribution in [1.82, 2.24) is 14.9 Å². The summed E-state index contributed by atoms with van der Waals surface area (Å²) in [5.74, 6) is 0.686. The van der Waals surface area contributed by atoms with E-state index >= 15 is 0 Å². The Kier molecular flexibility index (Phi) is 4.10. The average Bonchev–Trinajstić information content (AvgIpc) is 3.15. The summed E-state index contributed by atoms with van der Waals surface area (Å²) in [5.41, 5.74) is 2.20. The molecular weight excluding hydrogens is 347 g/mol. The topological polar surface area (TPSA) is 32.3 Å². The van der Waals surface area contributed by atoms with Gasteiger partial charge in [-0.1, -0.05) is 0 Å². The van der Waals surface area contributed by atoms with Crippen molar-refractivity contribution < 1.29 is 4.39 Å². The van der Waals surface area contributed by atoms with E-state index in [0.29, 0.717) is 11.6 Å². The van der Waals surface area contributed by atoms with Crippen LogP contribution in [0.4, 0.5) is 10.2 Å². The molecule has 134 valence electrons. The molecule has 1 aromatic carbocycles. The van der Waals surface area contributed by atoms with Gasteiger partial charge >= 0.3 is 0 Å². The van der Waals surface area contributed by atoms with Gasteiger partial charge in [-0.25, -0.2) is 14.4 Å². The van der Waals surface area contributed by atoms with E-state index in [-0.39, 0.29) is 5.82 Å². The van der Waals surface area contributed by atoms with Crippen LogP contribution in [0.1, 0.15) is 23.3 Å². The molecule has 0 saturated carbocycles. The Balaban J connectivity index is 1.31. The molecule has 2 aliphatic rings. The summed E-state index contributed by atoms with van der Waals surface area (Å²) in [4.78, 5) is 15.3. The van der Waals surface area contributed by atoms with Gasteiger partial charge in [-0.2, -0.15) is 0 Å². The first-order chi connectivity index (χ1) is 12.8. The molecule has 0 radical (unpaired) electrons. The molecule has 0 atom stereocenters. The van der Waals surface area contributed by atoms with E-state index in [1.807, 2.05) is 11.3 Å². The van der Waals surface area contributed by atoms with Gasteiger partial charge in [-0.3, -0.25) is 4.90 Å². The number of rotatable bonds is 2. The Bertz CT molecular complexity index is 932. The summed E-state index contributed by atoms with van der Waals surface area (Å²) in [6.45, 7) is 4.25. The van der Waals surface area contributed by atoms with Gasteiger partial charge in [0.25, 0.3) is 0 Å². The average molecular weight is 368 g/mol. The SMILES string of the molecule is Fc1ccc2c(N3CCC(N4CCc5sccc5C4)CC3)ncnc2c1. The highest BCUT2D eigenvalue weighted by Crippen LogP contribution is 2.30. The van der Waals surface area contributed by atoms with Crippen LogP contribution in [0.3, 0.4) is 0 Å². The number of halogens is 1. The third-order valence-corrected chi connectivity index (χ3v) is 6.72. The third-order valence-electron chi connectivity index (χ3n) is 5.70. The molecular formula is C20H21FN4S. The molecule has 0 bridgehead atoms. The Morgan fingerprint density at radius 2 is 1.96 bits per heavy atom. The number of thiophene rings is 1. The van der Waals surface area contributed by atoms with Crippen molar-refractivity contribution in [2.24, 2.45) is 0 Å². The van der Waals surface area contributed by atoms with Gasteiger partial charge in [0.05, 0.1) is 5.52 Å². The molecule has 1 saturated heterocycles. The molecule has 3 aromatic rings. The van der Waals surface area contributed by atoms with E-state index in [2.05, 4.69) is 31.2 Å². The monoisotopic (exact) mass is 368 g/mol. The first-order valence-electron chi connectivity index (χ1n) is 9.22. The lowest BCUT2D eigenvalue weighted by molar-refractivity contribution is 0.154. The molecule has 6 heteroatoms. The summed E-state index contributed by atoms with van der Waals surface area (Å²) in [6.07, 6.45) is 5.03. The summed E-state index contributed by atoms with van der Waals surface area (Å²) >= 11 is 1.90. The van der Waals surface area contributed by atoms with Crippen LogP contribution in [0.15, 0.2) is 36.0 Å². The predicted molar refractivity (Wildman–Crippen MR) is 103 cm³/mol. The van der Waals surface area contributed by atoms with Gasteiger partial charge in [-0.05, 0) is 48.4 Å². The number of anilines is 1. The quantitative estimate of drug-likeness (QED) is 0.688. The standard InChI is InChI=1S/C20H21FN4S/c21-15-1-2-17-18(11-15)22-13-23-20(17)24-7-3-16(4-8-24)25-9-5-19-14(12-25)6-10-26-19/h1-2,6,10-11,13,16H,3-5,7-9,12H2. The number of hydrogen-bond acceptors (Lipinski definition) is 5. The summed E-state index contributed by atoms with van der Waals surface area (Å²) < 4.78 is 13.5. The molecule has 0 N–H and O–H groups in total. The summed E-state index contributed by atoms with van der Waals surface area (Å²) in [7, 11) is 0. The second-order valence-corrected chi connectivity index (χ2v) is 8.17. The van der Waals surface area contributed by atoms with Gasteiger partial charge < -0.3 is 4.90 Å². The number of nitrogens with zero attached hydrogens (tertiary/aromatic N) is 4. The fourth-order valence-corrected chi connectivity index (χ4v) is 5.18. The van der Waals surface area contributed by atoms with Crippen molar-refractivity contribution in [2.45, 2.75) is 31.8 Å². The van der Waals surface area contributed by atoms with Crippen LogP contribution in [-0.4, -0.2) is 40.5 Å². The Hall–Kier alpha value is -2.05. The van der Waals surface area contributed by atoms with E-state index < -0.39 is 0 Å². The molecule has 2 aliphatic heterocycles. The van der Waals surface area contributed by atoms with E-state index in [0.717, 1.165) is 43.7 Å².